The quantitative estimate of drug-likeness (QED) is 0.393. The summed E-state index contributed by atoms with van der Waals surface area (Å²) in [6.45, 7) is 2.04. The van der Waals surface area contributed by atoms with Crippen molar-refractivity contribution < 1.29 is 9.90 Å². The van der Waals surface area contributed by atoms with Gasteiger partial charge in [0.05, 0.1) is 0 Å². The maximum atomic E-state index is 10.6. The van der Waals surface area contributed by atoms with E-state index in [9.17, 15) is 4.79 Å². The van der Waals surface area contributed by atoms with Crippen LogP contribution in [-0.2, 0) is 4.79 Å². The summed E-state index contributed by atoms with van der Waals surface area (Å²) in [4.78, 5) is 10.6. The molecule has 0 saturated carbocycles. The molecule has 2 saturated heterocycles. The van der Waals surface area contributed by atoms with Gasteiger partial charge in [-0.25, -0.2) is 0 Å². The average Bonchev–Trinajstić information content (AvgIpc) is 2.53. The van der Waals surface area contributed by atoms with E-state index in [1.165, 1.54) is 0 Å². The molecule has 68 valence electrons. The van der Waals surface area contributed by atoms with Crippen LogP contribution in [0.4, 0.5) is 0 Å². The van der Waals surface area contributed by atoms with Crippen molar-refractivity contribution in [2.45, 2.75) is 37.5 Å². The fourth-order valence-corrected chi connectivity index (χ4v) is 1.96. The van der Waals surface area contributed by atoms with E-state index in [2.05, 4.69) is 16.2 Å². The van der Waals surface area contributed by atoms with Crippen molar-refractivity contribution >= 4 is 5.97 Å². The minimum absolute atomic E-state index is 0.256. The van der Waals surface area contributed by atoms with Gasteiger partial charge >= 0.3 is 5.97 Å². The first-order valence-corrected chi connectivity index (χ1v) is 4.18. The topological polar surface area (TPSA) is 73.4 Å². The zero-order valence-corrected chi connectivity index (χ0v) is 6.87. The zero-order chi connectivity index (χ0) is 8.72. The van der Waals surface area contributed by atoms with E-state index in [0.29, 0.717) is 12.5 Å². The Labute approximate surface area is 70.5 Å². The lowest BCUT2D eigenvalue weighted by molar-refractivity contribution is -0.139. The van der Waals surface area contributed by atoms with Crippen LogP contribution in [0.3, 0.4) is 0 Å². The SMILES string of the molecule is CC1NNC2CC(C(=O)O)NC12. The highest BCUT2D eigenvalue weighted by atomic mass is 16.4. The molecule has 0 amide bonds. The van der Waals surface area contributed by atoms with Gasteiger partial charge in [0.1, 0.15) is 6.04 Å². The molecular weight excluding hydrogens is 158 g/mol. The Morgan fingerprint density at radius 3 is 2.83 bits per heavy atom. The molecule has 5 nitrogen and oxygen atoms in total. The summed E-state index contributed by atoms with van der Waals surface area (Å²) in [5.74, 6) is -0.751. The highest BCUT2D eigenvalue weighted by molar-refractivity contribution is 5.74. The van der Waals surface area contributed by atoms with Crippen molar-refractivity contribution in [2.75, 3.05) is 0 Å². The Morgan fingerprint density at radius 1 is 1.50 bits per heavy atom. The number of rotatable bonds is 1. The molecule has 0 radical (unpaired) electrons. The predicted octanol–water partition coefficient (Wildman–Crippen LogP) is -1.33. The smallest absolute Gasteiger partial charge is 0.320 e. The predicted molar refractivity (Wildman–Crippen MR) is 42.5 cm³/mol. The van der Waals surface area contributed by atoms with E-state index in [0.717, 1.165) is 0 Å². The van der Waals surface area contributed by atoms with Crippen molar-refractivity contribution in [1.29, 1.82) is 0 Å². The monoisotopic (exact) mass is 171 g/mol. The fourth-order valence-electron chi connectivity index (χ4n) is 1.96. The van der Waals surface area contributed by atoms with Crippen LogP contribution in [0.15, 0.2) is 0 Å². The minimum Gasteiger partial charge on any atom is -0.480 e. The van der Waals surface area contributed by atoms with Crippen LogP contribution in [0, 0.1) is 0 Å². The number of fused-ring (bicyclic) bond motifs is 1. The largest absolute Gasteiger partial charge is 0.480 e. The van der Waals surface area contributed by atoms with Crippen molar-refractivity contribution in [3.8, 4) is 0 Å². The van der Waals surface area contributed by atoms with Gasteiger partial charge in [-0.15, -0.1) is 0 Å². The van der Waals surface area contributed by atoms with Crippen LogP contribution in [0.25, 0.3) is 0 Å². The lowest BCUT2D eigenvalue weighted by Crippen LogP contribution is -2.43. The standard InChI is InChI=1S/C7H13N3O2/c1-3-6-4(10-9-3)2-5(8-6)7(11)12/h3-6,8-10H,2H2,1H3,(H,11,12). The van der Waals surface area contributed by atoms with Gasteiger partial charge in [-0.1, -0.05) is 0 Å². The Bertz CT molecular complexity index is 209. The highest BCUT2D eigenvalue weighted by Gasteiger charge is 2.43. The summed E-state index contributed by atoms with van der Waals surface area (Å²) in [5.41, 5.74) is 6.15. The van der Waals surface area contributed by atoms with Gasteiger partial charge in [0.25, 0.3) is 0 Å². The molecular formula is C7H13N3O2. The molecule has 12 heavy (non-hydrogen) atoms. The summed E-state index contributed by atoms with van der Waals surface area (Å²) in [7, 11) is 0. The molecule has 0 aromatic carbocycles. The second-order valence-electron chi connectivity index (χ2n) is 3.50. The molecule has 2 rings (SSSR count). The van der Waals surface area contributed by atoms with Crippen molar-refractivity contribution in [3.05, 3.63) is 0 Å². The molecule has 0 aromatic rings. The molecule has 4 atom stereocenters. The molecule has 4 unspecified atom stereocenters. The minimum atomic E-state index is -0.751. The van der Waals surface area contributed by atoms with Gasteiger partial charge in [-0.2, -0.15) is 0 Å². The second kappa shape index (κ2) is 2.69. The molecule has 0 aliphatic carbocycles. The third kappa shape index (κ3) is 1.10. The van der Waals surface area contributed by atoms with E-state index in [-0.39, 0.29) is 18.1 Å². The van der Waals surface area contributed by atoms with Crippen LogP contribution in [-0.4, -0.2) is 35.2 Å². The van der Waals surface area contributed by atoms with Crippen LogP contribution >= 0.6 is 0 Å². The van der Waals surface area contributed by atoms with Crippen LogP contribution in [0.1, 0.15) is 13.3 Å². The van der Waals surface area contributed by atoms with Gasteiger partial charge in [-0.3, -0.25) is 21.0 Å². The Balaban J connectivity index is 2.03. The van der Waals surface area contributed by atoms with Gasteiger partial charge in [0.2, 0.25) is 0 Å². The molecule has 2 fully saturated rings. The summed E-state index contributed by atoms with van der Waals surface area (Å²) < 4.78 is 0. The number of hydrogen-bond acceptors (Lipinski definition) is 4. The molecule has 0 spiro atoms. The lowest BCUT2D eigenvalue weighted by atomic mass is 10.1. The van der Waals surface area contributed by atoms with E-state index in [1.54, 1.807) is 0 Å². The van der Waals surface area contributed by atoms with E-state index in [4.69, 9.17) is 5.11 Å². The normalized spacial score (nSPS) is 46.1. The maximum Gasteiger partial charge on any atom is 0.320 e. The molecule has 0 bridgehead atoms. The Morgan fingerprint density at radius 2 is 2.25 bits per heavy atom. The summed E-state index contributed by atoms with van der Waals surface area (Å²) in [5, 5.41) is 11.8. The van der Waals surface area contributed by atoms with Gasteiger partial charge < -0.3 is 5.11 Å². The summed E-state index contributed by atoms with van der Waals surface area (Å²) >= 11 is 0. The number of hydrazine groups is 1. The number of carboxylic acids is 1. The third-order valence-electron chi connectivity index (χ3n) is 2.65. The Hall–Kier alpha value is -0.650. The lowest BCUT2D eigenvalue weighted by Gasteiger charge is -2.13. The van der Waals surface area contributed by atoms with Crippen LogP contribution in [0.5, 0.6) is 0 Å². The molecule has 4 N–H and O–H groups in total. The molecule has 2 aliphatic heterocycles. The van der Waals surface area contributed by atoms with Crippen LogP contribution < -0.4 is 16.2 Å². The first-order valence-electron chi connectivity index (χ1n) is 4.18. The summed E-state index contributed by atoms with van der Waals surface area (Å²) in [6, 6.07) is 0.448. The Kier molecular flexibility index (Phi) is 1.79. The first kappa shape index (κ1) is 7.97. The average molecular weight is 171 g/mol. The summed E-state index contributed by atoms with van der Waals surface area (Å²) in [6.07, 6.45) is 0.664. The van der Waals surface area contributed by atoms with E-state index < -0.39 is 5.97 Å². The third-order valence-corrected chi connectivity index (χ3v) is 2.65. The molecule has 0 aromatic heterocycles. The second-order valence-corrected chi connectivity index (χ2v) is 3.50. The van der Waals surface area contributed by atoms with Gasteiger partial charge in [0.15, 0.2) is 0 Å². The molecule has 5 heteroatoms. The number of nitrogens with one attached hydrogen (secondary N) is 3. The van der Waals surface area contributed by atoms with Gasteiger partial charge in [-0.05, 0) is 13.3 Å². The number of hydrogen-bond donors (Lipinski definition) is 4. The highest BCUT2D eigenvalue weighted by Crippen LogP contribution is 2.19. The number of aliphatic carboxylic acids is 1. The zero-order valence-electron chi connectivity index (χ0n) is 6.87. The first-order chi connectivity index (χ1) is 5.68. The van der Waals surface area contributed by atoms with Crippen molar-refractivity contribution in [2.24, 2.45) is 0 Å². The maximum absolute atomic E-state index is 10.6. The molecule has 2 heterocycles. The van der Waals surface area contributed by atoms with Crippen molar-refractivity contribution in [1.82, 2.24) is 16.2 Å². The van der Waals surface area contributed by atoms with Gasteiger partial charge in [0, 0.05) is 18.1 Å². The van der Waals surface area contributed by atoms with E-state index in [1.807, 2.05) is 6.92 Å². The molecule has 2 aliphatic rings. The number of carboxylic acid groups (broad SMARTS) is 1. The number of carbonyl (C=O) groups is 1. The van der Waals surface area contributed by atoms with E-state index >= 15 is 0 Å². The fraction of sp³-hybridized carbons (Fsp3) is 0.857. The van der Waals surface area contributed by atoms with Crippen LogP contribution in [0.2, 0.25) is 0 Å². The van der Waals surface area contributed by atoms with Crippen molar-refractivity contribution in [3.63, 3.8) is 0 Å².